The molecule has 0 aliphatic carbocycles. The van der Waals surface area contributed by atoms with Crippen molar-refractivity contribution in [2.75, 3.05) is 5.32 Å². The lowest BCUT2D eigenvalue weighted by Crippen LogP contribution is -2.11. The molecule has 0 aliphatic heterocycles. The third kappa shape index (κ3) is 3.51. The van der Waals surface area contributed by atoms with E-state index in [4.69, 9.17) is 11.6 Å². The smallest absolute Gasteiger partial charge is 0.224 e. The van der Waals surface area contributed by atoms with E-state index in [1.807, 2.05) is 6.92 Å². The highest BCUT2D eigenvalue weighted by molar-refractivity contribution is 6.33. The standard InChI is InChI=1S/C12H14ClN5O/c1-2-3-4-12(19)15-11-7-9(5-6-10(11)13)18-8-14-16-17-18/h5-8H,2-4H2,1H3,(H,15,19). The summed E-state index contributed by atoms with van der Waals surface area (Å²) in [6, 6.07) is 5.22. The average molecular weight is 280 g/mol. The number of unbranched alkanes of at least 4 members (excludes halogenated alkanes) is 1. The second-order valence-electron chi connectivity index (χ2n) is 4.07. The van der Waals surface area contributed by atoms with Crippen LogP contribution in [-0.2, 0) is 4.79 Å². The van der Waals surface area contributed by atoms with Gasteiger partial charge >= 0.3 is 0 Å². The number of halogens is 1. The molecule has 19 heavy (non-hydrogen) atoms. The van der Waals surface area contributed by atoms with E-state index in [0.717, 1.165) is 18.5 Å². The van der Waals surface area contributed by atoms with Crippen LogP contribution in [0.2, 0.25) is 5.02 Å². The zero-order chi connectivity index (χ0) is 13.7. The first-order valence-corrected chi connectivity index (χ1v) is 6.41. The van der Waals surface area contributed by atoms with E-state index in [1.54, 1.807) is 18.2 Å². The molecule has 0 atom stereocenters. The number of hydrogen-bond donors (Lipinski definition) is 1. The van der Waals surface area contributed by atoms with Gasteiger partial charge in [0.15, 0.2) is 0 Å². The highest BCUT2D eigenvalue weighted by atomic mass is 35.5. The monoisotopic (exact) mass is 279 g/mol. The molecule has 6 nitrogen and oxygen atoms in total. The van der Waals surface area contributed by atoms with Crippen molar-refractivity contribution in [3.63, 3.8) is 0 Å². The van der Waals surface area contributed by atoms with Crippen LogP contribution in [0.3, 0.4) is 0 Å². The summed E-state index contributed by atoms with van der Waals surface area (Å²) < 4.78 is 1.50. The summed E-state index contributed by atoms with van der Waals surface area (Å²) in [4.78, 5) is 11.7. The number of nitrogens with zero attached hydrogens (tertiary/aromatic N) is 4. The van der Waals surface area contributed by atoms with Crippen molar-refractivity contribution >= 4 is 23.2 Å². The molecule has 2 rings (SSSR count). The Labute approximate surface area is 115 Å². The molecule has 0 fully saturated rings. The molecular weight excluding hydrogens is 266 g/mol. The topological polar surface area (TPSA) is 72.7 Å². The van der Waals surface area contributed by atoms with E-state index in [2.05, 4.69) is 20.8 Å². The number of benzene rings is 1. The fourth-order valence-electron chi connectivity index (χ4n) is 1.58. The van der Waals surface area contributed by atoms with Gasteiger partial charge in [0.05, 0.1) is 16.4 Å². The lowest BCUT2D eigenvalue weighted by Gasteiger charge is -2.09. The Bertz CT molecular complexity index is 555. The maximum absolute atomic E-state index is 11.7. The van der Waals surface area contributed by atoms with E-state index in [0.29, 0.717) is 17.1 Å². The Morgan fingerprint density at radius 2 is 2.32 bits per heavy atom. The van der Waals surface area contributed by atoms with Crippen LogP contribution >= 0.6 is 11.6 Å². The molecule has 1 amide bonds. The van der Waals surface area contributed by atoms with Crippen LogP contribution in [0, 0.1) is 0 Å². The number of hydrogen-bond acceptors (Lipinski definition) is 4. The molecule has 0 spiro atoms. The summed E-state index contributed by atoms with van der Waals surface area (Å²) in [7, 11) is 0. The molecule has 0 aliphatic rings. The van der Waals surface area contributed by atoms with Gasteiger partial charge in [-0.05, 0) is 35.0 Å². The van der Waals surface area contributed by atoms with Gasteiger partial charge < -0.3 is 5.32 Å². The Morgan fingerprint density at radius 1 is 1.47 bits per heavy atom. The van der Waals surface area contributed by atoms with Gasteiger partial charge in [-0.25, -0.2) is 4.68 Å². The minimum atomic E-state index is -0.0439. The van der Waals surface area contributed by atoms with E-state index in [-0.39, 0.29) is 5.91 Å². The third-order valence-electron chi connectivity index (χ3n) is 2.59. The average Bonchev–Trinajstić information content (AvgIpc) is 2.93. The Hall–Kier alpha value is -1.95. The van der Waals surface area contributed by atoms with Crippen LogP contribution in [0.5, 0.6) is 0 Å². The molecule has 1 heterocycles. The highest BCUT2D eigenvalue weighted by Crippen LogP contribution is 2.24. The van der Waals surface area contributed by atoms with Gasteiger partial charge in [0.25, 0.3) is 0 Å². The Kier molecular flexibility index (Phi) is 4.46. The predicted molar refractivity (Wildman–Crippen MR) is 72.3 cm³/mol. The Morgan fingerprint density at radius 3 is 3.00 bits per heavy atom. The first kappa shape index (κ1) is 13.5. The number of amides is 1. The minimum Gasteiger partial charge on any atom is -0.325 e. The van der Waals surface area contributed by atoms with Crippen LogP contribution in [0.15, 0.2) is 24.5 Å². The second-order valence-corrected chi connectivity index (χ2v) is 4.48. The molecule has 0 saturated heterocycles. The normalized spacial score (nSPS) is 10.4. The van der Waals surface area contributed by atoms with Crippen molar-refractivity contribution in [1.29, 1.82) is 0 Å². The van der Waals surface area contributed by atoms with Crippen LogP contribution in [0.1, 0.15) is 26.2 Å². The fourth-order valence-corrected chi connectivity index (χ4v) is 1.75. The predicted octanol–water partition coefficient (Wildman–Crippen LogP) is 2.44. The lowest BCUT2D eigenvalue weighted by molar-refractivity contribution is -0.116. The summed E-state index contributed by atoms with van der Waals surface area (Å²) in [5.41, 5.74) is 1.30. The van der Waals surface area contributed by atoms with Gasteiger partial charge in [-0.1, -0.05) is 24.9 Å². The first-order chi connectivity index (χ1) is 9.20. The summed E-state index contributed by atoms with van der Waals surface area (Å²) in [6.07, 6.45) is 3.80. The zero-order valence-electron chi connectivity index (χ0n) is 10.5. The number of rotatable bonds is 5. The molecule has 100 valence electrons. The molecule has 0 saturated carbocycles. The molecule has 7 heteroatoms. The van der Waals surface area contributed by atoms with Crippen molar-refractivity contribution in [2.45, 2.75) is 26.2 Å². The molecule has 2 aromatic rings. The molecule has 0 bridgehead atoms. The van der Waals surface area contributed by atoms with Crippen molar-refractivity contribution in [3.8, 4) is 5.69 Å². The van der Waals surface area contributed by atoms with Crippen LogP contribution in [0.4, 0.5) is 5.69 Å². The SMILES string of the molecule is CCCCC(=O)Nc1cc(-n2cnnn2)ccc1Cl. The fraction of sp³-hybridized carbons (Fsp3) is 0.333. The number of nitrogens with one attached hydrogen (secondary N) is 1. The van der Waals surface area contributed by atoms with Crippen LogP contribution < -0.4 is 5.32 Å². The largest absolute Gasteiger partial charge is 0.325 e. The summed E-state index contributed by atoms with van der Waals surface area (Å²) >= 11 is 6.06. The first-order valence-electron chi connectivity index (χ1n) is 6.03. The van der Waals surface area contributed by atoms with Crippen LogP contribution in [-0.4, -0.2) is 26.1 Å². The van der Waals surface area contributed by atoms with Gasteiger partial charge in [0.1, 0.15) is 6.33 Å². The van der Waals surface area contributed by atoms with E-state index >= 15 is 0 Å². The van der Waals surface area contributed by atoms with E-state index < -0.39 is 0 Å². The second kappa shape index (κ2) is 6.29. The summed E-state index contributed by atoms with van der Waals surface area (Å²) in [6.45, 7) is 2.04. The molecule has 0 unspecified atom stereocenters. The maximum Gasteiger partial charge on any atom is 0.224 e. The number of carbonyl (C=O) groups excluding carboxylic acids is 1. The number of aromatic nitrogens is 4. The summed E-state index contributed by atoms with van der Waals surface area (Å²) in [5.74, 6) is -0.0439. The zero-order valence-corrected chi connectivity index (χ0v) is 11.3. The van der Waals surface area contributed by atoms with E-state index in [1.165, 1.54) is 11.0 Å². The maximum atomic E-state index is 11.7. The molecule has 1 aromatic heterocycles. The number of anilines is 1. The molecular formula is C12H14ClN5O. The van der Waals surface area contributed by atoms with Gasteiger partial charge in [-0.2, -0.15) is 0 Å². The van der Waals surface area contributed by atoms with Gasteiger partial charge in [0, 0.05) is 6.42 Å². The highest BCUT2D eigenvalue weighted by Gasteiger charge is 2.08. The Balaban J connectivity index is 2.16. The lowest BCUT2D eigenvalue weighted by atomic mass is 10.2. The molecule has 0 radical (unpaired) electrons. The summed E-state index contributed by atoms with van der Waals surface area (Å²) in [5, 5.41) is 14.2. The van der Waals surface area contributed by atoms with Crippen LogP contribution in [0.25, 0.3) is 5.69 Å². The van der Waals surface area contributed by atoms with Gasteiger partial charge in [-0.3, -0.25) is 4.79 Å². The van der Waals surface area contributed by atoms with Crippen molar-refractivity contribution < 1.29 is 4.79 Å². The van der Waals surface area contributed by atoms with E-state index in [9.17, 15) is 4.79 Å². The van der Waals surface area contributed by atoms with Crippen molar-refractivity contribution in [2.24, 2.45) is 0 Å². The number of carbonyl (C=O) groups is 1. The van der Waals surface area contributed by atoms with Gasteiger partial charge in [0.2, 0.25) is 5.91 Å². The number of tetrazole rings is 1. The van der Waals surface area contributed by atoms with Crippen molar-refractivity contribution in [3.05, 3.63) is 29.5 Å². The third-order valence-corrected chi connectivity index (χ3v) is 2.92. The van der Waals surface area contributed by atoms with Gasteiger partial charge in [-0.15, -0.1) is 5.10 Å². The molecule has 1 N–H and O–H groups in total. The minimum absolute atomic E-state index is 0.0439. The quantitative estimate of drug-likeness (QED) is 0.912. The van der Waals surface area contributed by atoms with Crippen molar-refractivity contribution in [1.82, 2.24) is 20.2 Å². The molecule has 1 aromatic carbocycles.